The smallest absolute Gasteiger partial charge is 0.191 e. The number of nitrogens with one attached hydrogen (secondary N) is 2. The van der Waals surface area contributed by atoms with E-state index in [0.717, 1.165) is 48.8 Å². The van der Waals surface area contributed by atoms with Crippen LogP contribution in [0.1, 0.15) is 35.9 Å². The van der Waals surface area contributed by atoms with Gasteiger partial charge in [-0.25, -0.2) is 8.42 Å². The molecule has 0 atom stereocenters. The van der Waals surface area contributed by atoms with E-state index in [1.54, 1.807) is 12.1 Å². The lowest BCUT2D eigenvalue weighted by Gasteiger charge is -2.11. The highest BCUT2D eigenvalue weighted by Crippen LogP contribution is 2.14. The van der Waals surface area contributed by atoms with Gasteiger partial charge in [-0.2, -0.15) is 0 Å². The predicted molar refractivity (Wildman–Crippen MR) is 127 cm³/mol. The molecule has 7 nitrogen and oxygen atoms in total. The van der Waals surface area contributed by atoms with Crippen molar-refractivity contribution in [2.24, 2.45) is 4.99 Å². The second kappa shape index (κ2) is 12.2. The summed E-state index contributed by atoms with van der Waals surface area (Å²) < 4.78 is 28.2. The molecule has 0 aliphatic carbocycles. The number of aromatic nitrogens is 1. The number of nitrogens with zero attached hydrogens (tertiary/aromatic N) is 2. The third-order valence-electron chi connectivity index (χ3n) is 4.44. The molecule has 0 unspecified atom stereocenters. The molecule has 1 heterocycles. The van der Waals surface area contributed by atoms with E-state index in [9.17, 15) is 8.42 Å². The van der Waals surface area contributed by atoms with Gasteiger partial charge >= 0.3 is 0 Å². The van der Waals surface area contributed by atoms with Crippen molar-refractivity contribution in [3.05, 3.63) is 46.8 Å². The van der Waals surface area contributed by atoms with Crippen molar-refractivity contribution in [1.29, 1.82) is 0 Å². The summed E-state index contributed by atoms with van der Waals surface area (Å²) >= 11 is 0. The van der Waals surface area contributed by atoms with Crippen LogP contribution in [0.3, 0.4) is 0 Å². The van der Waals surface area contributed by atoms with E-state index in [-0.39, 0.29) is 24.0 Å². The Morgan fingerprint density at radius 2 is 1.83 bits per heavy atom. The molecule has 0 aliphatic rings. The van der Waals surface area contributed by atoms with Gasteiger partial charge in [0.1, 0.15) is 5.76 Å². The first-order valence-electron chi connectivity index (χ1n) is 9.54. The maximum absolute atomic E-state index is 11.5. The van der Waals surface area contributed by atoms with Crippen LogP contribution in [0.2, 0.25) is 0 Å². The highest BCUT2D eigenvalue weighted by Gasteiger charge is 2.08. The highest BCUT2D eigenvalue weighted by atomic mass is 127. The molecular formula is C20H31IN4O3S. The highest BCUT2D eigenvalue weighted by molar-refractivity contribution is 14.0. The second-order valence-electron chi connectivity index (χ2n) is 6.76. The zero-order valence-electron chi connectivity index (χ0n) is 17.5. The first-order valence-corrected chi connectivity index (χ1v) is 11.4. The summed E-state index contributed by atoms with van der Waals surface area (Å²) in [7, 11) is -3.15. The lowest BCUT2D eigenvalue weighted by atomic mass is 10.1. The summed E-state index contributed by atoms with van der Waals surface area (Å²) in [5, 5.41) is 10.5. The number of aryl methyl sites for hydroxylation is 2. The Hall–Kier alpha value is -1.62. The molecule has 0 saturated carbocycles. The summed E-state index contributed by atoms with van der Waals surface area (Å²) in [5.41, 5.74) is 3.20. The quantitative estimate of drug-likeness (QED) is 0.222. The maximum Gasteiger partial charge on any atom is 0.191 e. The monoisotopic (exact) mass is 534 g/mol. The van der Waals surface area contributed by atoms with Gasteiger partial charge in [0.2, 0.25) is 0 Å². The van der Waals surface area contributed by atoms with Crippen molar-refractivity contribution in [2.45, 2.75) is 44.9 Å². The third-order valence-corrected chi connectivity index (χ3v) is 5.57. The Morgan fingerprint density at radius 3 is 2.38 bits per heavy atom. The van der Waals surface area contributed by atoms with Gasteiger partial charge in [-0.1, -0.05) is 17.3 Å². The van der Waals surface area contributed by atoms with Crippen LogP contribution >= 0.6 is 24.0 Å². The van der Waals surface area contributed by atoms with Gasteiger partial charge in [-0.05, 0) is 57.7 Å². The van der Waals surface area contributed by atoms with Gasteiger partial charge in [0, 0.05) is 31.5 Å². The van der Waals surface area contributed by atoms with Crippen molar-refractivity contribution < 1.29 is 12.9 Å². The first kappa shape index (κ1) is 25.4. The number of hydrogen-bond acceptors (Lipinski definition) is 5. The van der Waals surface area contributed by atoms with E-state index in [4.69, 9.17) is 4.52 Å². The number of sulfone groups is 1. The Bertz CT molecular complexity index is 873. The molecule has 0 fully saturated rings. The zero-order chi connectivity index (χ0) is 20.6. The summed E-state index contributed by atoms with van der Waals surface area (Å²) in [5.74, 6) is 1.67. The van der Waals surface area contributed by atoms with Gasteiger partial charge in [0.05, 0.1) is 10.6 Å². The van der Waals surface area contributed by atoms with E-state index in [2.05, 4.69) is 20.8 Å². The molecule has 0 aliphatic heterocycles. The van der Waals surface area contributed by atoms with E-state index >= 15 is 0 Å². The topological polar surface area (TPSA) is 96.6 Å². The third kappa shape index (κ3) is 8.33. The molecule has 2 rings (SSSR count). The largest absolute Gasteiger partial charge is 0.361 e. The molecule has 29 heavy (non-hydrogen) atoms. The molecule has 0 saturated heterocycles. The fourth-order valence-electron chi connectivity index (χ4n) is 2.88. The fourth-order valence-corrected chi connectivity index (χ4v) is 3.51. The van der Waals surface area contributed by atoms with E-state index in [1.165, 1.54) is 11.8 Å². The van der Waals surface area contributed by atoms with Gasteiger partial charge in [-0.3, -0.25) is 4.99 Å². The number of guanidine groups is 1. The molecule has 0 radical (unpaired) electrons. The average molecular weight is 534 g/mol. The number of halogens is 1. The van der Waals surface area contributed by atoms with Gasteiger partial charge in [0.25, 0.3) is 0 Å². The van der Waals surface area contributed by atoms with Crippen molar-refractivity contribution in [3.8, 4) is 0 Å². The Labute approximate surface area is 190 Å². The first-order chi connectivity index (χ1) is 13.3. The van der Waals surface area contributed by atoms with Crippen LogP contribution in [0, 0.1) is 13.8 Å². The summed E-state index contributed by atoms with van der Waals surface area (Å²) in [6, 6.07) is 7.01. The summed E-state index contributed by atoms with van der Waals surface area (Å²) in [4.78, 5) is 4.96. The van der Waals surface area contributed by atoms with Crippen LogP contribution in [0.4, 0.5) is 0 Å². The molecule has 0 spiro atoms. The number of rotatable bonds is 9. The standard InChI is InChI=1S/C20H30N4O3S.HI/c1-5-21-20(22-13-6-7-19-15(2)24-27-16(19)3)23-14-12-17-8-10-18(11-9-17)28(4,25)26;/h8-11H,5-7,12-14H2,1-4H3,(H2,21,22,23);1H. The summed E-state index contributed by atoms with van der Waals surface area (Å²) in [6.45, 7) is 8.15. The minimum atomic E-state index is -3.15. The number of benzene rings is 1. The molecule has 0 amide bonds. The molecule has 2 N–H and O–H groups in total. The predicted octanol–water partition coefficient (Wildman–Crippen LogP) is 3.04. The Morgan fingerprint density at radius 1 is 1.14 bits per heavy atom. The minimum absolute atomic E-state index is 0. The minimum Gasteiger partial charge on any atom is -0.361 e. The summed E-state index contributed by atoms with van der Waals surface area (Å²) in [6.07, 6.45) is 3.82. The molecule has 1 aromatic carbocycles. The van der Waals surface area contributed by atoms with Gasteiger partial charge < -0.3 is 15.2 Å². The van der Waals surface area contributed by atoms with Crippen LogP contribution in [-0.4, -0.2) is 45.4 Å². The van der Waals surface area contributed by atoms with Crippen LogP contribution in [-0.2, 0) is 22.7 Å². The Balaban J connectivity index is 0.00000420. The maximum atomic E-state index is 11.5. The van der Waals surface area contributed by atoms with E-state index < -0.39 is 9.84 Å². The molecule has 1 aromatic heterocycles. The van der Waals surface area contributed by atoms with Crippen molar-refractivity contribution in [3.63, 3.8) is 0 Å². The van der Waals surface area contributed by atoms with Crippen molar-refractivity contribution >= 4 is 39.8 Å². The SMILES string of the molecule is CCNC(=NCCCc1c(C)noc1C)NCCc1ccc(S(C)(=O)=O)cc1.I. The molecule has 0 bridgehead atoms. The molecule has 9 heteroatoms. The van der Waals surface area contributed by atoms with Crippen LogP contribution in [0.15, 0.2) is 38.7 Å². The Kier molecular flexibility index (Phi) is 10.7. The van der Waals surface area contributed by atoms with Crippen molar-refractivity contribution in [1.82, 2.24) is 15.8 Å². The molecule has 162 valence electrons. The van der Waals surface area contributed by atoms with E-state index in [1.807, 2.05) is 32.9 Å². The lowest BCUT2D eigenvalue weighted by Crippen LogP contribution is -2.38. The second-order valence-corrected chi connectivity index (χ2v) is 8.78. The normalized spacial score (nSPS) is 11.8. The van der Waals surface area contributed by atoms with Crippen molar-refractivity contribution in [2.75, 3.05) is 25.9 Å². The van der Waals surface area contributed by atoms with E-state index in [0.29, 0.717) is 18.0 Å². The van der Waals surface area contributed by atoms with Crippen LogP contribution < -0.4 is 10.6 Å². The number of hydrogen-bond donors (Lipinski definition) is 2. The molecule has 2 aromatic rings. The number of aliphatic imine (C=N–C) groups is 1. The fraction of sp³-hybridized carbons (Fsp3) is 0.500. The van der Waals surface area contributed by atoms with Crippen LogP contribution in [0.25, 0.3) is 0 Å². The lowest BCUT2D eigenvalue weighted by molar-refractivity contribution is 0.392. The van der Waals surface area contributed by atoms with Crippen LogP contribution in [0.5, 0.6) is 0 Å². The van der Waals surface area contributed by atoms with Gasteiger partial charge in [-0.15, -0.1) is 24.0 Å². The van der Waals surface area contributed by atoms with Gasteiger partial charge in [0.15, 0.2) is 15.8 Å². The average Bonchev–Trinajstić information content (AvgIpc) is 2.96. The molecular weight excluding hydrogens is 503 g/mol. The zero-order valence-corrected chi connectivity index (χ0v) is 20.6.